The highest BCUT2D eigenvalue weighted by Crippen LogP contribution is 2.22. The van der Waals surface area contributed by atoms with Gasteiger partial charge in [0.1, 0.15) is 0 Å². The Morgan fingerprint density at radius 1 is 1.54 bits per heavy atom. The molecule has 0 aliphatic heterocycles. The Bertz CT molecular complexity index is 419. The van der Waals surface area contributed by atoms with Crippen LogP contribution >= 0.6 is 0 Å². The monoisotopic (exact) mass is 181 g/mol. The number of aromatic nitrogens is 4. The van der Waals surface area contributed by atoms with E-state index in [0.717, 1.165) is 0 Å². The van der Waals surface area contributed by atoms with Crippen LogP contribution in [0, 0.1) is 10.1 Å². The third-order valence-corrected chi connectivity index (χ3v) is 1.40. The first-order valence-electron chi connectivity index (χ1n) is 3.25. The summed E-state index contributed by atoms with van der Waals surface area (Å²) in [6.45, 7) is 0. The first kappa shape index (κ1) is 7.40. The molecule has 8 heteroatoms. The van der Waals surface area contributed by atoms with Gasteiger partial charge in [0.2, 0.25) is 5.69 Å². The third kappa shape index (κ3) is 1.13. The van der Waals surface area contributed by atoms with Gasteiger partial charge in [-0.25, -0.2) is 0 Å². The van der Waals surface area contributed by atoms with Gasteiger partial charge in [0, 0.05) is 6.20 Å². The highest BCUT2D eigenvalue weighted by molar-refractivity contribution is 5.61. The number of hydrogen-bond donors (Lipinski definition) is 1. The summed E-state index contributed by atoms with van der Waals surface area (Å²) in [6, 6.07) is 1.53. The molecular weight excluding hydrogens is 178 g/mol. The van der Waals surface area contributed by atoms with Crippen molar-refractivity contribution in [2.75, 3.05) is 0 Å². The second-order valence-corrected chi connectivity index (χ2v) is 2.16. The maximum absolute atomic E-state index is 10.4. The predicted molar refractivity (Wildman–Crippen MR) is 38.5 cm³/mol. The molecule has 8 nitrogen and oxygen atoms in total. The Balaban J connectivity index is 2.52. The van der Waals surface area contributed by atoms with E-state index in [9.17, 15) is 10.1 Å². The fourth-order valence-corrected chi connectivity index (χ4v) is 0.861. The van der Waals surface area contributed by atoms with Gasteiger partial charge in [-0.1, -0.05) is 0 Å². The third-order valence-electron chi connectivity index (χ3n) is 1.40. The van der Waals surface area contributed by atoms with Crippen molar-refractivity contribution < 1.29 is 9.55 Å². The van der Waals surface area contributed by atoms with Gasteiger partial charge in [0.15, 0.2) is 5.16 Å². The molecule has 0 saturated carbocycles. The van der Waals surface area contributed by atoms with Gasteiger partial charge in [-0.2, -0.15) is 5.10 Å². The summed E-state index contributed by atoms with van der Waals surface area (Å²) in [7, 11) is 0. The second kappa shape index (κ2) is 2.66. The Labute approximate surface area is 70.7 Å². The minimum atomic E-state index is -0.674. The lowest BCUT2D eigenvalue weighted by Crippen LogP contribution is -1.91. The largest absolute Gasteiger partial charge is 0.444 e. The van der Waals surface area contributed by atoms with Crippen molar-refractivity contribution in [3.05, 3.63) is 22.4 Å². The minimum absolute atomic E-state index is 0.0440. The van der Waals surface area contributed by atoms with Crippen molar-refractivity contribution in [2.45, 2.75) is 0 Å². The number of aromatic amines is 1. The van der Waals surface area contributed by atoms with E-state index < -0.39 is 10.7 Å². The molecule has 0 fully saturated rings. The van der Waals surface area contributed by atoms with Gasteiger partial charge in [0.25, 0.3) is 0 Å². The van der Waals surface area contributed by atoms with Gasteiger partial charge in [-0.15, -0.1) is 4.63 Å². The number of nitro groups is 1. The summed E-state index contributed by atoms with van der Waals surface area (Å²) in [5.41, 5.74) is 0.440. The Kier molecular flexibility index (Phi) is 1.51. The molecule has 0 aliphatic carbocycles. The molecular formula is C5H3N5O3. The van der Waals surface area contributed by atoms with Crippen molar-refractivity contribution in [2.24, 2.45) is 0 Å². The van der Waals surface area contributed by atoms with Crippen molar-refractivity contribution in [3.8, 4) is 11.4 Å². The second-order valence-electron chi connectivity index (χ2n) is 2.16. The van der Waals surface area contributed by atoms with Crippen LogP contribution in [0.25, 0.3) is 11.4 Å². The van der Waals surface area contributed by atoms with Gasteiger partial charge < -0.3 is 10.1 Å². The highest BCUT2D eigenvalue weighted by Gasteiger charge is 2.24. The predicted octanol–water partition coefficient (Wildman–Crippen LogP) is 0.368. The fraction of sp³-hybridized carbons (Fsp3) is 0. The van der Waals surface area contributed by atoms with Crippen LogP contribution in [0.4, 0.5) is 5.82 Å². The summed E-state index contributed by atoms with van der Waals surface area (Å²) >= 11 is 0. The Morgan fingerprint density at radius 3 is 3.00 bits per heavy atom. The number of hydrogen-bond acceptors (Lipinski definition) is 6. The van der Waals surface area contributed by atoms with Crippen LogP contribution in [0.2, 0.25) is 0 Å². The molecule has 0 aliphatic rings. The molecule has 0 saturated heterocycles. The molecule has 2 heterocycles. The maximum Gasteiger partial charge on any atom is 0.444 e. The molecule has 0 radical (unpaired) electrons. The zero-order valence-electron chi connectivity index (χ0n) is 6.17. The van der Waals surface area contributed by atoms with Crippen LogP contribution in [0.5, 0.6) is 0 Å². The van der Waals surface area contributed by atoms with E-state index in [2.05, 4.69) is 25.1 Å². The van der Waals surface area contributed by atoms with Crippen LogP contribution in [-0.4, -0.2) is 25.4 Å². The van der Waals surface area contributed by atoms with Crippen molar-refractivity contribution >= 4 is 5.82 Å². The molecule has 1 N–H and O–H groups in total. The lowest BCUT2D eigenvalue weighted by molar-refractivity contribution is -0.390. The van der Waals surface area contributed by atoms with Gasteiger partial charge in [0.05, 0.1) is 5.69 Å². The summed E-state index contributed by atoms with van der Waals surface area (Å²) in [4.78, 5) is 9.71. The molecule has 2 rings (SSSR count). The highest BCUT2D eigenvalue weighted by atomic mass is 16.6. The average molecular weight is 181 g/mol. The molecule has 0 unspecified atom stereocenters. The average Bonchev–Trinajstić information content (AvgIpc) is 2.74. The summed E-state index contributed by atoms with van der Waals surface area (Å²) < 4.78 is 4.24. The summed E-state index contributed by atoms with van der Waals surface area (Å²) in [6.07, 6.45) is 1.45. The summed E-state index contributed by atoms with van der Waals surface area (Å²) in [5, 5.41) is 23.0. The van der Waals surface area contributed by atoms with E-state index in [0.29, 0.717) is 5.69 Å². The number of H-pyrrole nitrogens is 1. The lowest BCUT2D eigenvalue weighted by Gasteiger charge is -1.87. The van der Waals surface area contributed by atoms with Crippen LogP contribution in [0.15, 0.2) is 16.9 Å². The zero-order valence-corrected chi connectivity index (χ0v) is 6.17. The van der Waals surface area contributed by atoms with Crippen LogP contribution in [0.3, 0.4) is 0 Å². The minimum Gasteiger partial charge on any atom is -0.358 e. The Morgan fingerprint density at radius 2 is 2.38 bits per heavy atom. The van der Waals surface area contributed by atoms with Crippen LogP contribution in [-0.2, 0) is 0 Å². The molecule has 0 amide bonds. The molecule has 0 atom stereocenters. The van der Waals surface area contributed by atoms with Crippen molar-refractivity contribution in [1.82, 2.24) is 20.5 Å². The first-order valence-corrected chi connectivity index (χ1v) is 3.25. The van der Waals surface area contributed by atoms with E-state index in [1.807, 2.05) is 0 Å². The van der Waals surface area contributed by atoms with E-state index >= 15 is 0 Å². The van der Waals surface area contributed by atoms with Gasteiger partial charge in [-0.05, 0) is 16.1 Å². The number of rotatable bonds is 2. The normalized spacial score (nSPS) is 10.2. The van der Waals surface area contributed by atoms with Crippen LogP contribution in [0.1, 0.15) is 0 Å². The number of nitrogens with zero attached hydrogens (tertiary/aromatic N) is 4. The van der Waals surface area contributed by atoms with Crippen molar-refractivity contribution in [3.63, 3.8) is 0 Å². The van der Waals surface area contributed by atoms with E-state index in [4.69, 9.17) is 0 Å². The maximum atomic E-state index is 10.4. The standard InChI is InChI=1S/C5H3N5O3/c11-10(12)5-4(8-13-9-5)3-1-2-6-7-3/h1-2H,(H,6,7). The van der Waals surface area contributed by atoms with Gasteiger partial charge in [-0.3, -0.25) is 5.10 Å². The molecule has 0 spiro atoms. The van der Waals surface area contributed by atoms with E-state index in [1.165, 1.54) is 12.3 Å². The van der Waals surface area contributed by atoms with Crippen molar-refractivity contribution in [1.29, 1.82) is 0 Å². The molecule has 0 bridgehead atoms. The van der Waals surface area contributed by atoms with E-state index in [-0.39, 0.29) is 5.69 Å². The first-order chi connectivity index (χ1) is 6.29. The molecule has 66 valence electrons. The molecule has 13 heavy (non-hydrogen) atoms. The SMILES string of the molecule is O=[N+]([O-])c1nonc1-c1ccn[nH]1. The number of nitrogens with one attached hydrogen (secondary N) is 1. The zero-order chi connectivity index (χ0) is 9.26. The smallest absolute Gasteiger partial charge is 0.358 e. The molecule has 2 aromatic heterocycles. The van der Waals surface area contributed by atoms with E-state index in [1.54, 1.807) is 0 Å². The summed E-state index contributed by atoms with van der Waals surface area (Å²) in [5.74, 6) is -0.427. The Hall–Kier alpha value is -2.25. The van der Waals surface area contributed by atoms with Gasteiger partial charge >= 0.3 is 5.82 Å². The lowest BCUT2D eigenvalue weighted by atomic mass is 10.3. The quantitative estimate of drug-likeness (QED) is 0.529. The molecule has 2 aromatic rings. The fourth-order valence-electron chi connectivity index (χ4n) is 0.861. The van der Waals surface area contributed by atoms with Crippen LogP contribution < -0.4 is 0 Å². The molecule has 0 aromatic carbocycles. The topological polar surface area (TPSA) is 111 Å².